The average Bonchev–Trinajstić information content (AvgIpc) is 2.58. The number of rotatable bonds is 7. The van der Waals surface area contributed by atoms with E-state index >= 15 is 0 Å². The van der Waals surface area contributed by atoms with Crippen LogP contribution in [-0.2, 0) is 21.6 Å². The topological polar surface area (TPSA) is 63.7 Å². The smallest absolute Gasteiger partial charge is 0.410 e. The summed E-state index contributed by atoms with van der Waals surface area (Å²) in [5, 5.41) is 0. The van der Waals surface area contributed by atoms with Crippen LogP contribution in [0.2, 0.25) is 0 Å². The van der Waals surface area contributed by atoms with E-state index in [9.17, 15) is 17.1 Å². The van der Waals surface area contributed by atoms with Crippen molar-refractivity contribution >= 4 is 16.3 Å². The molecule has 0 heterocycles. The van der Waals surface area contributed by atoms with E-state index in [0.717, 1.165) is 18.4 Å². The van der Waals surface area contributed by atoms with Gasteiger partial charge in [0.05, 0.1) is 5.75 Å². The van der Waals surface area contributed by atoms with Crippen LogP contribution in [0.3, 0.4) is 0 Å². The second-order valence-corrected chi connectivity index (χ2v) is 8.08. The number of benzene rings is 1. The Morgan fingerprint density at radius 1 is 1.16 bits per heavy atom. The van der Waals surface area contributed by atoms with Crippen molar-refractivity contribution in [2.24, 2.45) is 11.8 Å². The van der Waals surface area contributed by atoms with Gasteiger partial charge in [-0.3, -0.25) is 0 Å². The van der Waals surface area contributed by atoms with Gasteiger partial charge in [0, 0.05) is 13.1 Å². The van der Waals surface area contributed by atoms with Crippen molar-refractivity contribution < 1.29 is 21.8 Å². The van der Waals surface area contributed by atoms with Crippen LogP contribution in [0.1, 0.15) is 38.2 Å². The predicted molar refractivity (Wildman–Crippen MR) is 94.2 cm³/mol. The zero-order valence-electron chi connectivity index (χ0n) is 14.6. The molecule has 2 rings (SSSR count). The zero-order valence-corrected chi connectivity index (χ0v) is 15.4. The highest BCUT2D eigenvalue weighted by Gasteiger charge is 2.27. The number of ether oxygens (including phenoxy) is 1. The summed E-state index contributed by atoms with van der Waals surface area (Å²) in [6, 6.07) is 9.52. The molecule has 0 spiro atoms. The summed E-state index contributed by atoms with van der Waals surface area (Å²) >= 11 is 0. The largest absolute Gasteiger partial charge is 0.445 e. The third kappa shape index (κ3) is 7.02. The van der Waals surface area contributed by atoms with Crippen molar-refractivity contribution in [2.75, 3.05) is 18.8 Å². The molecule has 0 radical (unpaired) electrons. The molecule has 1 saturated carbocycles. The molecule has 1 aliphatic rings. The van der Waals surface area contributed by atoms with Crippen LogP contribution in [0.5, 0.6) is 0 Å². The minimum Gasteiger partial charge on any atom is -0.445 e. The maximum absolute atomic E-state index is 12.8. The first-order valence-electron chi connectivity index (χ1n) is 8.75. The first-order chi connectivity index (χ1) is 11.9. The van der Waals surface area contributed by atoms with Crippen LogP contribution in [0.25, 0.3) is 0 Å². The minimum atomic E-state index is -4.40. The normalized spacial score (nSPS) is 20.9. The number of hydrogen-bond acceptors (Lipinski definition) is 4. The van der Waals surface area contributed by atoms with Crippen LogP contribution in [0.15, 0.2) is 30.3 Å². The van der Waals surface area contributed by atoms with E-state index < -0.39 is 10.2 Å². The Kier molecular flexibility index (Phi) is 7.23. The van der Waals surface area contributed by atoms with Gasteiger partial charge in [-0.15, -0.1) is 3.89 Å². The summed E-state index contributed by atoms with van der Waals surface area (Å²) in [5.74, 6) is -0.176. The Morgan fingerprint density at radius 2 is 1.76 bits per heavy atom. The molecule has 140 valence electrons. The highest BCUT2D eigenvalue weighted by Crippen LogP contribution is 2.30. The van der Waals surface area contributed by atoms with Gasteiger partial charge >= 0.3 is 16.3 Å². The van der Waals surface area contributed by atoms with Gasteiger partial charge in [0.15, 0.2) is 0 Å². The van der Waals surface area contributed by atoms with Gasteiger partial charge in [0.1, 0.15) is 6.61 Å². The summed E-state index contributed by atoms with van der Waals surface area (Å²) < 4.78 is 39.6. The average molecular weight is 371 g/mol. The zero-order chi connectivity index (χ0) is 18.3. The fraction of sp³-hybridized carbons (Fsp3) is 0.611. The quantitative estimate of drug-likeness (QED) is 0.685. The molecule has 25 heavy (non-hydrogen) atoms. The van der Waals surface area contributed by atoms with Gasteiger partial charge in [0.25, 0.3) is 0 Å². The highest BCUT2D eigenvalue weighted by molar-refractivity contribution is 7.86. The number of carbonyl (C=O) groups is 1. The second-order valence-electron chi connectivity index (χ2n) is 6.67. The Bertz CT molecular complexity index is 642. The van der Waals surface area contributed by atoms with Gasteiger partial charge in [-0.2, -0.15) is 8.42 Å². The number of nitrogens with zero attached hydrogens (tertiary/aromatic N) is 1. The van der Waals surface area contributed by atoms with Gasteiger partial charge in [-0.05, 0) is 50.0 Å². The molecule has 0 bridgehead atoms. The molecule has 0 aliphatic heterocycles. The molecule has 1 fully saturated rings. The van der Waals surface area contributed by atoms with Crippen LogP contribution in [0, 0.1) is 11.8 Å². The Balaban J connectivity index is 1.77. The van der Waals surface area contributed by atoms with Crippen molar-refractivity contribution in [2.45, 2.75) is 39.2 Å². The van der Waals surface area contributed by atoms with Crippen molar-refractivity contribution in [1.29, 1.82) is 0 Å². The van der Waals surface area contributed by atoms with E-state index in [1.165, 1.54) is 0 Å². The lowest BCUT2D eigenvalue weighted by atomic mass is 9.82. The molecule has 1 aromatic rings. The molecule has 0 N–H and O–H groups in total. The van der Waals surface area contributed by atoms with Gasteiger partial charge < -0.3 is 9.64 Å². The third-order valence-corrected chi connectivity index (χ3v) is 5.59. The van der Waals surface area contributed by atoms with E-state index in [-0.39, 0.29) is 24.4 Å². The van der Waals surface area contributed by atoms with Crippen molar-refractivity contribution in [1.82, 2.24) is 4.90 Å². The van der Waals surface area contributed by atoms with E-state index in [2.05, 4.69) is 0 Å². The monoisotopic (exact) mass is 371 g/mol. The van der Waals surface area contributed by atoms with E-state index in [4.69, 9.17) is 4.74 Å². The third-order valence-electron chi connectivity index (χ3n) is 4.72. The molecule has 1 aromatic carbocycles. The first kappa shape index (κ1) is 19.7. The standard InChI is InChI=1S/C18H26FNO4S/c1-2-20(18(21)24-13-16-6-4-3-5-7-16)12-15-8-10-17(11-9-15)14-25(19,22)23/h3-7,15,17H,2,8-14H2,1H3. The fourth-order valence-electron chi connectivity index (χ4n) is 3.32. The summed E-state index contributed by atoms with van der Waals surface area (Å²) in [4.78, 5) is 13.9. The summed E-state index contributed by atoms with van der Waals surface area (Å²) in [7, 11) is -4.40. The van der Waals surface area contributed by atoms with Crippen LogP contribution < -0.4 is 0 Å². The summed E-state index contributed by atoms with van der Waals surface area (Å²) in [6.07, 6.45) is 2.65. The van der Waals surface area contributed by atoms with Crippen molar-refractivity contribution in [3.63, 3.8) is 0 Å². The maximum Gasteiger partial charge on any atom is 0.410 e. The molecule has 1 amide bonds. The van der Waals surface area contributed by atoms with Crippen LogP contribution in [0.4, 0.5) is 8.68 Å². The number of carbonyl (C=O) groups excluding carboxylic acids is 1. The summed E-state index contributed by atoms with van der Waals surface area (Å²) in [6.45, 7) is 3.31. The Labute approximate surface area is 149 Å². The fourth-order valence-corrected chi connectivity index (χ4v) is 4.21. The first-order valence-corrected chi connectivity index (χ1v) is 10.3. The van der Waals surface area contributed by atoms with E-state index in [1.54, 1.807) is 4.90 Å². The molecule has 0 saturated heterocycles. The molecular formula is C18H26FNO4S. The van der Waals surface area contributed by atoms with E-state index in [0.29, 0.717) is 31.8 Å². The van der Waals surface area contributed by atoms with Gasteiger partial charge in [-0.25, -0.2) is 4.79 Å². The lowest BCUT2D eigenvalue weighted by Gasteiger charge is -2.31. The summed E-state index contributed by atoms with van der Waals surface area (Å²) in [5.41, 5.74) is 0.944. The maximum atomic E-state index is 12.8. The number of hydrogen-bond donors (Lipinski definition) is 0. The Hall–Kier alpha value is -1.63. The molecule has 7 heteroatoms. The minimum absolute atomic E-state index is 0.105. The van der Waals surface area contributed by atoms with Crippen molar-refractivity contribution in [3.8, 4) is 0 Å². The SMILES string of the molecule is CCN(CC1CCC(CS(=O)(=O)F)CC1)C(=O)OCc1ccccc1. The molecule has 0 unspecified atom stereocenters. The van der Waals surface area contributed by atoms with Crippen LogP contribution in [-0.4, -0.2) is 38.3 Å². The molecule has 5 nitrogen and oxygen atoms in total. The number of halogens is 1. The Morgan fingerprint density at radius 3 is 2.32 bits per heavy atom. The van der Waals surface area contributed by atoms with Crippen molar-refractivity contribution in [3.05, 3.63) is 35.9 Å². The van der Waals surface area contributed by atoms with Crippen LogP contribution >= 0.6 is 0 Å². The predicted octanol–water partition coefficient (Wildman–Crippen LogP) is 3.75. The molecule has 0 aromatic heterocycles. The molecular weight excluding hydrogens is 345 g/mol. The number of amides is 1. The lowest BCUT2D eigenvalue weighted by molar-refractivity contribution is 0.0877. The molecule has 1 aliphatic carbocycles. The molecule has 0 atom stereocenters. The highest BCUT2D eigenvalue weighted by atomic mass is 32.3. The van der Waals surface area contributed by atoms with Gasteiger partial charge in [0.2, 0.25) is 0 Å². The van der Waals surface area contributed by atoms with Gasteiger partial charge in [-0.1, -0.05) is 30.3 Å². The van der Waals surface area contributed by atoms with E-state index in [1.807, 2.05) is 37.3 Å². The second kappa shape index (κ2) is 9.17. The lowest BCUT2D eigenvalue weighted by Crippen LogP contribution is -2.37.